The van der Waals surface area contributed by atoms with E-state index in [1.54, 1.807) is 6.07 Å². The monoisotopic (exact) mass is 478 g/mol. The van der Waals surface area contributed by atoms with Crippen LogP contribution < -0.4 is 11.2 Å². The van der Waals surface area contributed by atoms with Crippen molar-refractivity contribution in [2.75, 3.05) is 0 Å². The van der Waals surface area contributed by atoms with E-state index in [1.165, 1.54) is 36.4 Å². The third-order valence-corrected chi connectivity index (χ3v) is 6.03. The Kier molecular flexibility index (Phi) is 5.83. The second-order valence-electron chi connectivity index (χ2n) is 5.36. The molecule has 152 valence electrons. The molecular formula is C18H9AsF6O4. The third-order valence-electron chi connectivity index (χ3n) is 3.38. The average Bonchev–Trinajstić information content (AvgIpc) is 2.71. The Morgan fingerprint density at radius 3 is 1.69 bits per heavy atom. The van der Waals surface area contributed by atoms with Crippen LogP contribution >= 0.6 is 0 Å². The van der Waals surface area contributed by atoms with Gasteiger partial charge in [-0.2, -0.15) is 0 Å². The third kappa shape index (κ3) is 4.37. The van der Waals surface area contributed by atoms with Gasteiger partial charge in [0, 0.05) is 0 Å². The molecule has 3 aromatic rings. The van der Waals surface area contributed by atoms with Crippen molar-refractivity contribution in [1.82, 2.24) is 0 Å². The first-order chi connectivity index (χ1) is 13.7. The molecule has 0 heterocycles. The maximum atomic E-state index is 13.9. The van der Waals surface area contributed by atoms with Crippen molar-refractivity contribution in [1.29, 1.82) is 0 Å². The maximum absolute atomic E-state index is 13.9. The van der Waals surface area contributed by atoms with E-state index in [2.05, 4.69) is 3.73 Å². The van der Waals surface area contributed by atoms with E-state index in [9.17, 15) is 30.1 Å². The zero-order valence-electron chi connectivity index (χ0n) is 14.0. The Morgan fingerprint density at radius 1 is 0.586 bits per heavy atom. The number of halogens is 6. The Morgan fingerprint density at radius 2 is 1.10 bits per heavy atom. The van der Waals surface area contributed by atoms with Crippen molar-refractivity contribution in [2.45, 2.75) is 0 Å². The molecule has 3 rings (SSSR count). The van der Waals surface area contributed by atoms with E-state index in [4.69, 9.17) is 7.45 Å². The predicted octanol–water partition coefficient (Wildman–Crippen LogP) is 4.92. The summed E-state index contributed by atoms with van der Waals surface area (Å²) < 4.78 is 109. The molecule has 0 aliphatic rings. The minimum atomic E-state index is -5.98. The van der Waals surface area contributed by atoms with E-state index in [0.717, 1.165) is 12.1 Å². The zero-order valence-corrected chi connectivity index (χ0v) is 15.9. The van der Waals surface area contributed by atoms with Crippen molar-refractivity contribution in [3.63, 3.8) is 0 Å². The van der Waals surface area contributed by atoms with E-state index in [-0.39, 0.29) is 5.75 Å². The minimum absolute atomic E-state index is 0.185. The van der Waals surface area contributed by atoms with E-state index in [1.807, 2.05) is 0 Å². The van der Waals surface area contributed by atoms with Crippen LogP contribution in [-0.2, 0) is 3.74 Å². The summed E-state index contributed by atoms with van der Waals surface area (Å²) in [6, 6.07) is 11.4. The van der Waals surface area contributed by atoms with Gasteiger partial charge in [0.25, 0.3) is 0 Å². The molecule has 0 bridgehead atoms. The second-order valence-corrected chi connectivity index (χ2v) is 8.39. The van der Waals surface area contributed by atoms with Crippen LogP contribution in [0.5, 0.6) is 17.2 Å². The van der Waals surface area contributed by atoms with E-state index in [0.29, 0.717) is 0 Å². The van der Waals surface area contributed by atoms with Gasteiger partial charge in [-0.25, -0.2) is 0 Å². The SMILES string of the molecule is O=[As](Oc1ccccc1)(Oc1ccccc1F)Oc1c(F)c(F)c(F)c(F)c1F. The molecule has 0 saturated heterocycles. The predicted molar refractivity (Wildman–Crippen MR) is 87.4 cm³/mol. The molecule has 0 spiro atoms. The molecule has 0 aliphatic heterocycles. The van der Waals surface area contributed by atoms with Gasteiger partial charge < -0.3 is 0 Å². The van der Waals surface area contributed by atoms with Crippen LogP contribution in [0.3, 0.4) is 0 Å². The summed E-state index contributed by atoms with van der Waals surface area (Å²) in [7, 11) is 0. The van der Waals surface area contributed by atoms with Gasteiger partial charge in [0.05, 0.1) is 0 Å². The van der Waals surface area contributed by atoms with Crippen molar-refractivity contribution in [3.05, 3.63) is 89.5 Å². The molecule has 0 saturated carbocycles. The molecule has 0 fully saturated rings. The first-order valence-corrected chi connectivity index (χ1v) is 10.8. The van der Waals surface area contributed by atoms with Crippen molar-refractivity contribution in [2.24, 2.45) is 0 Å². The Bertz CT molecular complexity index is 1060. The van der Waals surface area contributed by atoms with Gasteiger partial charge in [-0.1, -0.05) is 0 Å². The first-order valence-electron chi connectivity index (χ1n) is 7.71. The molecule has 1 atom stereocenters. The molecule has 0 aliphatic carbocycles. The van der Waals surface area contributed by atoms with Crippen LogP contribution in [0.4, 0.5) is 26.3 Å². The van der Waals surface area contributed by atoms with Crippen molar-refractivity contribution in [3.8, 4) is 17.2 Å². The topological polar surface area (TPSA) is 44.8 Å². The second kappa shape index (κ2) is 8.16. The van der Waals surface area contributed by atoms with E-state index >= 15 is 0 Å². The van der Waals surface area contributed by atoms with Gasteiger partial charge in [-0.05, 0) is 0 Å². The van der Waals surface area contributed by atoms with Gasteiger partial charge in [0.2, 0.25) is 0 Å². The molecule has 11 heteroatoms. The van der Waals surface area contributed by atoms with Crippen LogP contribution in [-0.4, -0.2) is 14.5 Å². The number of rotatable bonds is 6. The molecule has 29 heavy (non-hydrogen) atoms. The number of hydrogen-bond acceptors (Lipinski definition) is 4. The number of benzene rings is 3. The van der Waals surface area contributed by atoms with Crippen molar-refractivity contribution >= 4 is 14.5 Å². The normalized spacial score (nSPS) is 12.9. The van der Waals surface area contributed by atoms with Crippen LogP contribution in [0.1, 0.15) is 0 Å². The molecule has 3 aromatic carbocycles. The van der Waals surface area contributed by atoms with Crippen LogP contribution in [0.2, 0.25) is 0 Å². The Labute approximate surface area is 163 Å². The first kappa shape index (κ1) is 20.7. The summed E-state index contributed by atoms with van der Waals surface area (Å²) >= 11 is -5.98. The molecule has 0 N–H and O–H groups in total. The molecule has 0 amide bonds. The molecule has 4 nitrogen and oxygen atoms in total. The van der Waals surface area contributed by atoms with Crippen LogP contribution in [0.25, 0.3) is 0 Å². The van der Waals surface area contributed by atoms with Crippen LogP contribution in [0, 0.1) is 34.9 Å². The van der Waals surface area contributed by atoms with Gasteiger partial charge in [-0.3, -0.25) is 0 Å². The quantitative estimate of drug-likeness (QED) is 0.218. The summed E-state index contributed by atoms with van der Waals surface area (Å²) in [5, 5.41) is 0. The molecular weight excluding hydrogens is 469 g/mol. The van der Waals surface area contributed by atoms with Gasteiger partial charge in [0.15, 0.2) is 0 Å². The standard InChI is InChI=1S/C18H9AsF6O4/c20-11-8-4-5-9-12(11)28-19(26,27-10-6-2-1-3-7-10)29-18-16(24)14(22)13(21)15(23)17(18)25/h1-9H. The fourth-order valence-electron chi connectivity index (χ4n) is 2.08. The summed E-state index contributed by atoms with van der Waals surface area (Å²) in [5.41, 5.74) is 0. The van der Waals surface area contributed by atoms with Gasteiger partial charge in [-0.15, -0.1) is 0 Å². The Hall–Kier alpha value is -3.00. The Balaban J connectivity index is 2.07. The summed E-state index contributed by atoms with van der Waals surface area (Å²) in [6.45, 7) is 0. The van der Waals surface area contributed by atoms with Crippen molar-refractivity contribution < 1.29 is 41.3 Å². The zero-order chi connectivity index (χ0) is 21.2. The summed E-state index contributed by atoms with van der Waals surface area (Å²) in [4.78, 5) is 0. The van der Waals surface area contributed by atoms with Gasteiger partial charge in [0.1, 0.15) is 0 Å². The molecule has 1 unspecified atom stereocenters. The summed E-state index contributed by atoms with van der Waals surface area (Å²) in [5.74, 6) is -15.7. The number of para-hydroxylation sites is 2. The summed E-state index contributed by atoms with van der Waals surface area (Å²) in [6.07, 6.45) is 0. The number of hydrogen-bond donors (Lipinski definition) is 0. The van der Waals surface area contributed by atoms with Gasteiger partial charge >= 0.3 is 163 Å². The fourth-order valence-corrected chi connectivity index (χ4v) is 4.74. The van der Waals surface area contributed by atoms with E-state index < -0.39 is 60.9 Å². The fraction of sp³-hybridized carbons (Fsp3) is 0. The van der Waals surface area contributed by atoms with Crippen LogP contribution in [0.15, 0.2) is 54.6 Å². The molecule has 0 aromatic heterocycles. The average molecular weight is 478 g/mol. The molecule has 0 radical (unpaired) electrons.